The highest BCUT2D eigenvalue weighted by Gasteiger charge is 2.32. The van der Waals surface area contributed by atoms with Crippen LogP contribution < -0.4 is 9.46 Å². The van der Waals surface area contributed by atoms with Gasteiger partial charge in [-0.3, -0.25) is 4.79 Å². The van der Waals surface area contributed by atoms with Crippen LogP contribution in [0.1, 0.15) is 51.5 Å². The molecule has 0 aliphatic heterocycles. The first kappa shape index (κ1) is 18.9. The lowest BCUT2D eigenvalue weighted by molar-refractivity contribution is -0.122. The summed E-state index contributed by atoms with van der Waals surface area (Å²) in [6, 6.07) is 7.67. The van der Waals surface area contributed by atoms with Crippen LogP contribution in [0, 0.1) is 5.92 Å². The summed E-state index contributed by atoms with van der Waals surface area (Å²) in [6.45, 7) is 6.21. The summed E-state index contributed by atoms with van der Waals surface area (Å²) in [6.07, 6.45) is 1.33. The second kappa shape index (κ2) is 8.12. The number of ether oxygens (including phenoxy) is 1. The van der Waals surface area contributed by atoms with E-state index in [2.05, 4.69) is 18.6 Å². The molecule has 0 saturated heterocycles. The van der Waals surface area contributed by atoms with Crippen molar-refractivity contribution in [3.8, 4) is 5.75 Å². The molecular formula is C18H27NO4S. The van der Waals surface area contributed by atoms with Gasteiger partial charge in [-0.2, -0.15) is 0 Å². The molecule has 5 nitrogen and oxygen atoms in total. The van der Waals surface area contributed by atoms with E-state index in [0.717, 1.165) is 5.75 Å². The third kappa shape index (κ3) is 5.31. The van der Waals surface area contributed by atoms with Crippen LogP contribution in [0.15, 0.2) is 24.3 Å². The predicted octanol–water partition coefficient (Wildman–Crippen LogP) is 2.87. The summed E-state index contributed by atoms with van der Waals surface area (Å²) in [5.74, 6) is 1.29. The van der Waals surface area contributed by atoms with E-state index in [9.17, 15) is 13.2 Å². The molecule has 2 atom stereocenters. The highest BCUT2D eigenvalue weighted by atomic mass is 32.2. The molecule has 134 valence electrons. The molecule has 0 bridgehead atoms. The lowest BCUT2D eigenvalue weighted by atomic mass is 9.85. The molecule has 1 saturated carbocycles. The molecule has 1 N–H and O–H groups in total. The standard InChI is InChI=1S/C18H27NO4S/c1-4-24(21,22)19-18-10-7-16(20)11-15(18)12-23-17-8-5-14(6-9-17)13(2)3/h5-6,8-9,13,15,18-19H,4,7,10-12H2,1-3H3/t15-,18+/m0/s1. The Kier molecular flexibility index (Phi) is 6.40. The maximum Gasteiger partial charge on any atom is 0.211 e. The van der Waals surface area contributed by atoms with Gasteiger partial charge in [-0.25, -0.2) is 13.1 Å². The van der Waals surface area contributed by atoms with Crippen LogP contribution in [-0.2, 0) is 14.8 Å². The van der Waals surface area contributed by atoms with Gasteiger partial charge in [0.2, 0.25) is 10.0 Å². The molecule has 0 heterocycles. The Morgan fingerprint density at radius 2 is 1.92 bits per heavy atom. The molecule has 0 radical (unpaired) electrons. The minimum atomic E-state index is -3.28. The second-order valence-corrected chi connectivity index (χ2v) is 8.75. The van der Waals surface area contributed by atoms with E-state index in [1.54, 1.807) is 6.92 Å². The first-order valence-electron chi connectivity index (χ1n) is 8.55. The molecule has 0 unspecified atom stereocenters. The minimum absolute atomic E-state index is 0.0433. The van der Waals surface area contributed by atoms with Crippen molar-refractivity contribution in [1.82, 2.24) is 4.72 Å². The number of hydrogen-bond donors (Lipinski definition) is 1. The summed E-state index contributed by atoms with van der Waals surface area (Å²) in [5, 5.41) is 0. The molecular weight excluding hydrogens is 326 g/mol. The summed E-state index contributed by atoms with van der Waals surface area (Å²) in [4.78, 5) is 11.8. The number of rotatable bonds is 7. The molecule has 1 aromatic carbocycles. The van der Waals surface area contributed by atoms with Crippen LogP contribution in [0.4, 0.5) is 0 Å². The van der Waals surface area contributed by atoms with Gasteiger partial charge < -0.3 is 4.74 Å². The number of Topliss-reactive ketones (excluding diaryl/α,β-unsaturated/α-hetero) is 1. The Hall–Kier alpha value is -1.40. The van der Waals surface area contributed by atoms with E-state index in [4.69, 9.17) is 4.74 Å². The van der Waals surface area contributed by atoms with Gasteiger partial charge in [-0.1, -0.05) is 26.0 Å². The van der Waals surface area contributed by atoms with Gasteiger partial charge in [0, 0.05) is 24.8 Å². The van der Waals surface area contributed by atoms with Crippen LogP contribution in [0.5, 0.6) is 5.75 Å². The van der Waals surface area contributed by atoms with Crippen molar-refractivity contribution in [2.24, 2.45) is 5.92 Å². The van der Waals surface area contributed by atoms with E-state index in [-0.39, 0.29) is 23.5 Å². The topological polar surface area (TPSA) is 72.5 Å². The van der Waals surface area contributed by atoms with E-state index in [0.29, 0.717) is 31.8 Å². The third-order valence-corrected chi connectivity index (χ3v) is 5.94. The molecule has 1 aromatic rings. The van der Waals surface area contributed by atoms with Crippen LogP contribution in [0.3, 0.4) is 0 Å². The zero-order valence-corrected chi connectivity index (χ0v) is 15.4. The molecule has 1 fully saturated rings. The smallest absolute Gasteiger partial charge is 0.211 e. The molecule has 24 heavy (non-hydrogen) atoms. The molecule has 0 spiro atoms. The SMILES string of the molecule is CCS(=O)(=O)N[C@@H]1CCC(=O)C[C@H]1COc1ccc(C(C)C)cc1. The third-order valence-electron chi connectivity index (χ3n) is 4.51. The van der Waals surface area contributed by atoms with Gasteiger partial charge in [0.15, 0.2) is 0 Å². The van der Waals surface area contributed by atoms with Crippen LogP contribution in [0.25, 0.3) is 0 Å². The largest absolute Gasteiger partial charge is 0.493 e. The highest BCUT2D eigenvalue weighted by molar-refractivity contribution is 7.89. The van der Waals surface area contributed by atoms with Gasteiger partial charge >= 0.3 is 0 Å². The van der Waals surface area contributed by atoms with Crippen molar-refractivity contribution in [1.29, 1.82) is 0 Å². The fourth-order valence-corrected chi connectivity index (χ4v) is 3.82. The molecule has 1 aliphatic carbocycles. The van der Waals surface area contributed by atoms with Crippen molar-refractivity contribution < 1.29 is 17.9 Å². The molecule has 2 rings (SSSR count). The van der Waals surface area contributed by atoms with Gasteiger partial charge in [0.05, 0.1) is 12.4 Å². The summed E-state index contributed by atoms with van der Waals surface area (Å²) < 4.78 is 32.2. The number of carbonyl (C=O) groups is 1. The van der Waals surface area contributed by atoms with Crippen LogP contribution >= 0.6 is 0 Å². The first-order valence-corrected chi connectivity index (χ1v) is 10.2. The number of nitrogens with one attached hydrogen (secondary N) is 1. The monoisotopic (exact) mass is 353 g/mol. The summed E-state index contributed by atoms with van der Waals surface area (Å²) in [5.41, 5.74) is 1.24. The zero-order chi connectivity index (χ0) is 17.7. The zero-order valence-electron chi connectivity index (χ0n) is 14.6. The minimum Gasteiger partial charge on any atom is -0.493 e. The van der Waals surface area contributed by atoms with Crippen molar-refractivity contribution >= 4 is 15.8 Å². The van der Waals surface area contributed by atoms with E-state index in [1.165, 1.54) is 5.56 Å². The summed E-state index contributed by atoms with van der Waals surface area (Å²) >= 11 is 0. The average Bonchev–Trinajstić information content (AvgIpc) is 2.55. The molecule has 6 heteroatoms. The van der Waals surface area contributed by atoms with Gasteiger partial charge in [0.25, 0.3) is 0 Å². The number of ketones is 1. The van der Waals surface area contributed by atoms with Crippen molar-refractivity contribution in [3.63, 3.8) is 0 Å². The lowest BCUT2D eigenvalue weighted by Crippen LogP contribution is -2.46. The van der Waals surface area contributed by atoms with Crippen LogP contribution in [-0.4, -0.2) is 32.6 Å². The fourth-order valence-electron chi connectivity index (χ4n) is 2.89. The van der Waals surface area contributed by atoms with E-state index >= 15 is 0 Å². The fraction of sp³-hybridized carbons (Fsp3) is 0.611. The number of sulfonamides is 1. The van der Waals surface area contributed by atoms with Crippen molar-refractivity contribution in [2.75, 3.05) is 12.4 Å². The Morgan fingerprint density at radius 3 is 2.50 bits per heavy atom. The van der Waals surface area contributed by atoms with E-state index in [1.807, 2.05) is 24.3 Å². The maximum absolute atomic E-state index is 11.8. The lowest BCUT2D eigenvalue weighted by Gasteiger charge is -2.31. The predicted molar refractivity (Wildman–Crippen MR) is 94.8 cm³/mol. The first-order chi connectivity index (χ1) is 11.3. The van der Waals surface area contributed by atoms with Gasteiger partial charge in [-0.15, -0.1) is 0 Å². The molecule has 0 aromatic heterocycles. The van der Waals surface area contributed by atoms with Crippen molar-refractivity contribution in [3.05, 3.63) is 29.8 Å². The maximum atomic E-state index is 11.8. The quantitative estimate of drug-likeness (QED) is 0.818. The Labute approximate surface area is 144 Å². The Bertz CT molecular complexity index is 652. The Morgan fingerprint density at radius 1 is 1.25 bits per heavy atom. The van der Waals surface area contributed by atoms with Crippen LogP contribution in [0.2, 0.25) is 0 Å². The number of carbonyl (C=O) groups excluding carboxylic acids is 1. The average molecular weight is 353 g/mol. The van der Waals surface area contributed by atoms with Gasteiger partial charge in [0.1, 0.15) is 11.5 Å². The molecule has 1 aliphatic rings. The van der Waals surface area contributed by atoms with Gasteiger partial charge in [-0.05, 0) is 37.0 Å². The second-order valence-electron chi connectivity index (χ2n) is 6.70. The van der Waals surface area contributed by atoms with E-state index < -0.39 is 10.0 Å². The normalized spacial score (nSPS) is 21.9. The highest BCUT2D eigenvalue weighted by Crippen LogP contribution is 2.25. The molecule has 0 amide bonds. The van der Waals surface area contributed by atoms with Crippen molar-refractivity contribution in [2.45, 2.75) is 52.0 Å². The summed E-state index contributed by atoms with van der Waals surface area (Å²) in [7, 11) is -3.28. The number of benzene rings is 1. The Balaban J connectivity index is 1.99. The number of hydrogen-bond acceptors (Lipinski definition) is 4.